The quantitative estimate of drug-likeness (QED) is 0.519. The van der Waals surface area contributed by atoms with E-state index in [2.05, 4.69) is 26.8 Å². The molecular weight excluding hydrogens is 237 g/mol. The molecule has 2 rings (SSSR count). The molecule has 0 N–H and O–H groups in total. The first kappa shape index (κ1) is 16.5. The predicted octanol–water partition coefficient (Wildman–Crippen LogP) is 6.14. The fourth-order valence-corrected chi connectivity index (χ4v) is 2.88. The SMILES string of the molecule is CC1CCC(C)(C#N)CC1.CC1CCC(C)(F)CC1.[HH].[HH]. The minimum absolute atomic E-state index is 0. The van der Waals surface area contributed by atoms with Gasteiger partial charge in [-0.25, -0.2) is 4.39 Å². The number of halogens is 1. The third-order valence-electron chi connectivity index (χ3n) is 4.96. The van der Waals surface area contributed by atoms with Crippen LogP contribution in [0, 0.1) is 28.6 Å². The number of alkyl halides is 1. The van der Waals surface area contributed by atoms with Crippen LogP contribution in [-0.4, -0.2) is 5.67 Å². The number of hydrogen-bond donors (Lipinski definition) is 0. The summed E-state index contributed by atoms with van der Waals surface area (Å²) in [6.45, 7) is 8.28. The average Bonchev–Trinajstić information content (AvgIpc) is 2.38. The van der Waals surface area contributed by atoms with E-state index in [1.54, 1.807) is 6.92 Å². The van der Waals surface area contributed by atoms with Crippen LogP contribution in [0.2, 0.25) is 0 Å². The molecule has 2 saturated carbocycles. The smallest absolute Gasteiger partial charge is 0.108 e. The van der Waals surface area contributed by atoms with E-state index in [0.717, 1.165) is 50.4 Å². The Morgan fingerprint density at radius 3 is 1.63 bits per heavy atom. The van der Waals surface area contributed by atoms with Crippen molar-refractivity contribution >= 4 is 0 Å². The highest BCUT2D eigenvalue weighted by Crippen LogP contribution is 2.37. The van der Waals surface area contributed by atoms with Crippen LogP contribution in [0.25, 0.3) is 0 Å². The second kappa shape index (κ2) is 6.73. The molecule has 0 amide bonds. The van der Waals surface area contributed by atoms with Crippen molar-refractivity contribution < 1.29 is 7.24 Å². The van der Waals surface area contributed by atoms with Gasteiger partial charge >= 0.3 is 0 Å². The number of hydrogen-bond acceptors (Lipinski definition) is 1. The summed E-state index contributed by atoms with van der Waals surface area (Å²) in [5, 5.41) is 8.79. The number of nitrogens with zero attached hydrogens (tertiary/aromatic N) is 1. The van der Waals surface area contributed by atoms with E-state index >= 15 is 0 Å². The van der Waals surface area contributed by atoms with Crippen molar-refractivity contribution in [2.75, 3.05) is 0 Å². The zero-order chi connectivity index (χ0) is 14.5. The summed E-state index contributed by atoms with van der Waals surface area (Å²) >= 11 is 0. The Bertz CT molecular complexity index is 307. The summed E-state index contributed by atoms with van der Waals surface area (Å²) in [4.78, 5) is 0. The second-order valence-corrected chi connectivity index (χ2v) is 7.45. The summed E-state index contributed by atoms with van der Waals surface area (Å²) in [6, 6.07) is 2.40. The van der Waals surface area contributed by atoms with Crippen LogP contribution in [0.15, 0.2) is 0 Å². The maximum atomic E-state index is 13.0. The molecule has 0 unspecified atom stereocenters. The van der Waals surface area contributed by atoms with Crippen LogP contribution in [0.3, 0.4) is 0 Å². The van der Waals surface area contributed by atoms with Crippen molar-refractivity contribution in [2.45, 2.75) is 84.7 Å². The van der Waals surface area contributed by atoms with Crippen molar-refractivity contribution in [3.05, 3.63) is 0 Å². The van der Waals surface area contributed by atoms with Gasteiger partial charge in [-0.3, -0.25) is 0 Å². The molecule has 0 bridgehead atoms. The van der Waals surface area contributed by atoms with Gasteiger partial charge in [0, 0.05) is 2.85 Å². The van der Waals surface area contributed by atoms with E-state index < -0.39 is 5.67 Å². The molecule has 0 heterocycles. The van der Waals surface area contributed by atoms with Gasteiger partial charge in [0.25, 0.3) is 0 Å². The molecular formula is C17H34FN. The van der Waals surface area contributed by atoms with Gasteiger partial charge in [-0.05, 0) is 77.0 Å². The normalized spacial score (nSPS) is 42.7. The Morgan fingerprint density at radius 1 is 0.947 bits per heavy atom. The summed E-state index contributed by atoms with van der Waals surface area (Å²) in [6.07, 6.45) is 8.38. The van der Waals surface area contributed by atoms with Gasteiger partial charge in [-0.2, -0.15) is 5.26 Å². The van der Waals surface area contributed by atoms with E-state index in [1.165, 1.54) is 12.8 Å². The molecule has 0 spiro atoms. The van der Waals surface area contributed by atoms with Crippen LogP contribution in [0.4, 0.5) is 4.39 Å². The first-order valence-electron chi connectivity index (χ1n) is 7.86. The third kappa shape index (κ3) is 5.93. The molecule has 0 aliphatic heterocycles. The van der Waals surface area contributed by atoms with Crippen molar-refractivity contribution in [3.63, 3.8) is 0 Å². The van der Waals surface area contributed by atoms with Crippen molar-refractivity contribution in [3.8, 4) is 6.07 Å². The summed E-state index contributed by atoms with van der Waals surface area (Å²) in [5.74, 6) is 1.61. The molecule has 114 valence electrons. The molecule has 19 heavy (non-hydrogen) atoms. The number of rotatable bonds is 0. The van der Waals surface area contributed by atoms with Crippen LogP contribution in [0.1, 0.15) is 81.9 Å². The predicted molar refractivity (Wildman–Crippen MR) is 82.7 cm³/mol. The molecule has 0 atom stereocenters. The molecule has 0 saturated heterocycles. The molecule has 0 radical (unpaired) electrons. The topological polar surface area (TPSA) is 23.8 Å². The van der Waals surface area contributed by atoms with Crippen molar-refractivity contribution in [1.82, 2.24) is 0 Å². The van der Waals surface area contributed by atoms with Crippen LogP contribution < -0.4 is 0 Å². The second-order valence-electron chi connectivity index (χ2n) is 7.45. The zero-order valence-electron chi connectivity index (χ0n) is 13.1. The van der Waals surface area contributed by atoms with E-state index in [4.69, 9.17) is 5.26 Å². The maximum Gasteiger partial charge on any atom is 0.108 e. The van der Waals surface area contributed by atoms with E-state index in [0.29, 0.717) is 0 Å². The van der Waals surface area contributed by atoms with E-state index in [9.17, 15) is 4.39 Å². The maximum absolute atomic E-state index is 13.0. The Morgan fingerprint density at radius 2 is 1.32 bits per heavy atom. The van der Waals surface area contributed by atoms with Gasteiger partial charge < -0.3 is 0 Å². The minimum Gasteiger partial charge on any atom is -0.244 e. The highest BCUT2D eigenvalue weighted by atomic mass is 19.1. The molecule has 2 aliphatic carbocycles. The molecule has 2 aliphatic rings. The molecule has 0 aromatic carbocycles. The summed E-state index contributed by atoms with van der Waals surface area (Å²) in [7, 11) is 0. The third-order valence-corrected chi connectivity index (χ3v) is 4.96. The lowest BCUT2D eigenvalue weighted by molar-refractivity contribution is 0.108. The Kier molecular flexibility index (Phi) is 5.83. The highest BCUT2D eigenvalue weighted by molar-refractivity contribution is 4.97. The largest absolute Gasteiger partial charge is 0.244 e. The first-order chi connectivity index (χ1) is 8.76. The zero-order valence-corrected chi connectivity index (χ0v) is 13.1. The molecule has 2 fully saturated rings. The molecule has 1 nitrogen and oxygen atoms in total. The van der Waals surface area contributed by atoms with Gasteiger partial charge in [0.2, 0.25) is 0 Å². The van der Waals surface area contributed by atoms with Crippen LogP contribution in [0.5, 0.6) is 0 Å². The van der Waals surface area contributed by atoms with Crippen LogP contribution >= 0.6 is 0 Å². The van der Waals surface area contributed by atoms with Crippen LogP contribution in [-0.2, 0) is 0 Å². The fraction of sp³-hybridized carbons (Fsp3) is 0.941. The average molecular weight is 271 g/mol. The Balaban J connectivity index is 0. The van der Waals surface area contributed by atoms with Gasteiger partial charge in [-0.1, -0.05) is 13.8 Å². The summed E-state index contributed by atoms with van der Waals surface area (Å²) < 4.78 is 13.0. The van der Waals surface area contributed by atoms with Gasteiger partial charge in [0.1, 0.15) is 5.67 Å². The molecule has 0 aromatic rings. The van der Waals surface area contributed by atoms with E-state index in [-0.39, 0.29) is 8.27 Å². The minimum atomic E-state index is -0.841. The van der Waals surface area contributed by atoms with Crippen molar-refractivity contribution in [1.29, 1.82) is 5.26 Å². The first-order valence-corrected chi connectivity index (χ1v) is 7.86. The van der Waals surface area contributed by atoms with Gasteiger partial charge in [-0.15, -0.1) is 0 Å². The highest BCUT2D eigenvalue weighted by Gasteiger charge is 2.29. The standard InChI is InChI=1S/C9H15N.C8H15F.2H2/c1-8-3-5-9(2,7-10)6-4-8;1-7-3-5-8(2,9)6-4-7;;/h8H,3-6H2,1-2H3;7H,3-6H2,1-2H3;2*1H. The number of nitriles is 1. The molecule has 0 aromatic heterocycles. The Labute approximate surface area is 121 Å². The van der Waals surface area contributed by atoms with Crippen molar-refractivity contribution in [2.24, 2.45) is 17.3 Å². The monoisotopic (exact) mass is 271 g/mol. The van der Waals surface area contributed by atoms with E-state index in [1.807, 2.05) is 0 Å². The molecule has 2 heteroatoms. The lowest BCUT2D eigenvalue weighted by Gasteiger charge is -2.29. The lowest BCUT2D eigenvalue weighted by atomic mass is 9.73. The summed E-state index contributed by atoms with van der Waals surface area (Å²) in [5.41, 5.74) is -0.834. The fourth-order valence-electron chi connectivity index (χ4n) is 2.88. The van der Waals surface area contributed by atoms with Gasteiger partial charge in [0.15, 0.2) is 0 Å². The lowest BCUT2D eigenvalue weighted by Crippen LogP contribution is -2.24. The Hall–Kier alpha value is -0.580. The van der Waals surface area contributed by atoms with Gasteiger partial charge in [0.05, 0.1) is 11.5 Å².